The van der Waals surface area contributed by atoms with Crippen LogP contribution in [0.5, 0.6) is 0 Å². The molecule has 0 radical (unpaired) electrons. The molecule has 3 rings (SSSR count). The van der Waals surface area contributed by atoms with Crippen molar-refractivity contribution in [2.24, 2.45) is 11.8 Å². The second-order valence-electron chi connectivity index (χ2n) is 7.94. The van der Waals surface area contributed by atoms with E-state index in [2.05, 4.69) is 0 Å². The Labute approximate surface area is 165 Å². The van der Waals surface area contributed by atoms with E-state index in [9.17, 15) is 19.8 Å². The maximum Gasteiger partial charge on any atom is 0.303 e. The summed E-state index contributed by atoms with van der Waals surface area (Å²) >= 11 is 0. The molecule has 6 heteroatoms. The number of carboxylic acids is 1. The molecule has 1 saturated carbocycles. The van der Waals surface area contributed by atoms with Crippen molar-refractivity contribution in [1.29, 1.82) is 0 Å². The standard InChI is InChI=1S/C22H30O6/c23-16(12-15-6-2-1-3-7-15)9-10-17-18(13-21(25)26)19(24)14-20(17)28-22-8-4-5-11-27-22/h1-3,6-7,17-20,22,24H,4-5,8-14H2,(H,25,26)/t17-,18-,19+,20-,22?/m1/s1. The maximum absolute atomic E-state index is 12.4. The van der Waals surface area contributed by atoms with E-state index >= 15 is 0 Å². The molecule has 1 heterocycles. The zero-order valence-corrected chi connectivity index (χ0v) is 16.2. The Balaban J connectivity index is 1.61. The first kappa shape index (κ1) is 21.0. The van der Waals surface area contributed by atoms with Crippen molar-refractivity contribution in [1.82, 2.24) is 0 Å². The van der Waals surface area contributed by atoms with Crippen LogP contribution in [0.15, 0.2) is 30.3 Å². The molecule has 1 aromatic rings. The van der Waals surface area contributed by atoms with Gasteiger partial charge in [0.1, 0.15) is 5.78 Å². The molecular weight excluding hydrogens is 360 g/mol. The fourth-order valence-corrected chi connectivity index (χ4v) is 4.45. The summed E-state index contributed by atoms with van der Waals surface area (Å²) < 4.78 is 11.8. The number of aliphatic hydroxyl groups is 1. The van der Waals surface area contributed by atoms with Gasteiger partial charge in [-0.05, 0) is 37.2 Å². The van der Waals surface area contributed by atoms with Crippen LogP contribution in [-0.2, 0) is 25.5 Å². The Bertz CT molecular complexity index is 640. The number of carbonyl (C=O) groups excluding carboxylic acids is 1. The minimum atomic E-state index is -0.931. The van der Waals surface area contributed by atoms with Crippen LogP contribution >= 0.6 is 0 Å². The summed E-state index contributed by atoms with van der Waals surface area (Å²) in [5, 5.41) is 19.7. The molecule has 0 aromatic heterocycles. The lowest BCUT2D eigenvalue weighted by Gasteiger charge is -2.30. The predicted molar refractivity (Wildman–Crippen MR) is 103 cm³/mol. The Hall–Kier alpha value is -1.76. The normalized spacial score (nSPS) is 30.2. The van der Waals surface area contributed by atoms with Crippen molar-refractivity contribution in [3.63, 3.8) is 0 Å². The van der Waals surface area contributed by atoms with E-state index in [1.165, 1.54) is 0 Å². The minimum absolute atomic E-state index is 0.107. The molecule has 2 fully saturated rings. The summed E-state index contributed by atoms with van der Waals surface area (Å²) in [5.74, 6) is -1.36. The van der Waals surface area contributed by atoms with Crippen molar-refractivity contribution in [2.75, 3.05) is 6.61 Å². The van der Waals surface area contributed by atoms with Crippen LogP contribution in [-0.4, -0.2) is 47.1 Å². The topological polar surface area (TPSA) is 93.1 Å². The number of rotatable bonds is 9. The van der Waals surface area contributed by atoms with Crippen LogP contribution in [0.25, 0.3) is 0 Å². The highest BCUT2D eigenvalue weighted by atomic mass is 16.7. The molecular formula is C22H30O6. The number of hydrogen-bond donors (Lipinski definition) is 2. The average molecular weight is 390 g/mol. The van der Waals surface area contributed by atoms with Gasteiger partial charge in [0, 0.05) is 31.8 Å². The molecule has 154 valence electrons. The SMILES string of the molecule is O=C(O)C[C@@H]1[C@@H](CCC(=O)Cc2ccccc2)[C@H](OC2CCCCO2)C[C@@H]1O. The number of benzene rings is 1. The third-order valence-electron chi connectivity index (χ3n) is 5.87. The lowest BCUT2D eigenvalue weighted by molar-refractivity contribution is -0.196. The predicted octanol–water partition coefficient (Wildman–Crippen LogP) is 2.96. The van der Waals surface area contributed by atoms with Crippen molar-refractivity contribution >= 4 is 11.8 Å². The highest BCUT2D eigenvalue weighted by Crippen LogP contribution is 2.40. The Kier molecular flexibility index (Phi) is 7.59. The second kappa shape index (κ2) is 10.1. The number of carbonyl (C=O) groups is 2. The van der Waals surface area contributed by atoms with Crippen molar-refractivity contribution in [3.8, 4) is 0 Å². The number of Topliss-reactive ketones (excluding diaryl/α,β-unsaturated/α-hetero) is 1. The number of ketones is 1. The van der Waals surface area contributed by atoms with Gasteiger partial charge in [0.2, 0.25) is 0 Å². The Morgan fingerprint density at radius 2 is 1.93 bits per heavy atom. The molecule has 1 aliphatic carbocycles. The van der Waals surface area contributed by atoms with Crippen molar-refractivity contribution in [2.45, 2.75) is 69.9 Å². The van der Waals surface area contributed by atoms with Gasteiger partial charge in [0.25, 0.3) is 0 Å². The fourth-order valence-electron chi connectivity index (χ4n) is 4.45. The molecule has 0 amide bonds. The average Bonchev–Trinajstić information content (AvgIpc) is 2.95. The molecule has 1 aliphatic heterocycles. The summed E-state index contributed by atoms with van der Waals surface area (Å²) in [7, 11) is 0. The largest absolute Gasteiger partial charge is 0.481 e. The number of hydrogen-bond acceptors (Lipinski definition) is 5. The molecule has 2 aliphatic rings. The second-order valence-corrected chi connectivity index (χ2v) is 7.94. The first-order valence-corrected chi connectivity index (χ1v) is 10.3. The van der Waals surface area contributed by atoms with Gasteiger partial charge >= 0.3 is 5.97 Å². The number of aliphatic carboxylic acids is 1. The highest BCUT2D eigenvalue weighted by molar-refractivity contribution is 5.80. The van der Waals surface area contributed by atoms with E-state index in [4.69, 9.17) is 9.47 Å². The third kappa shape index (κ3) is 5.87. The quantitative estimate of drug-likeness (QED) is 0.673. The molecule has 2 N–H and O–H groups in total. The molecule has 0 spiro atoms. The lowest BCUT2D eigenvalue weighted by atomic mass is 9.86. The Morgan fingerprint density at radius 3 is 2.61 bits per heavy atom. The van der Waals surface area contributed by atoms with E-state index in [1.54, 1.807) is 0 Å². The fraction of sp³-hybridized carbons (Fsp3) is 0.636. The van der Waals surface area contributed by atoms with E-state index in [1.807, 2.05) is 30.3 Å². The smallest absolute Gasteiger partial charge is 0.303 e. The van der Waals surface area contributed by atoms with Gasteiger partial charge < -0.3 is 19.7 Å². The van der Waals surface area contributed by atoms with Crippen molar-refractivity contribution in [3.05, 3.63) is 35.9 Å². The van der Waals surface area contributed by atoms with E-state index in [0.717, 1.165) is 24.8 Å². The van der Waals surface area contributed by atoms with Gasteiger partial charge in [-0.25, -0.2) is 0 Å². The van der Waals surface area contributed by atoms with Gasteiger partial charge in [-0.15, -0.1) is 0 Å². The first-order valence-electron chi connectivity index (χ1n) is 10.3. The van der Waals surface area contributed by atoms with Crippen LogP contribution in [0.3, 0.4) is 0 Å². The summed E-state index contributed by atoms with van der Waals surface area (Å²) in [6, 6.07) is 9.59. The third-order valence-corrected chi connectivity index (χ3v) is 5.87. The van der Waals surface area contributed by atoms with E-state index in [0.29, 0.717) is 32.3 Å². The monoisotopic (exact) mass is 390 g/mol. The van der Waals surface area contributed by atoms with Crippen LogP contribution < -0.4 is 0 Å². The van der Waals surface area contributed by atoms with Crippen LogP contribution in [0.2, 0.25) is 0 Å². The van der Waals surface area contributed by atoms with Gasteiger partial charge in [0.15, 0.2) is 6.29 Å². The zero-order valence-electron chi connectivity index (χ0n) is 16.2. The summed E-state index contributed by atoms with van der Waals surface area (Å²) in [6.07, 6.45) is 3.13. The molecule has 1 saturated heterocycles. The van der Waals surface area contributed by atoms with Gasteiger partial charge in [-0.3, -0.25) is 9.59 Å². The first-order chi connectivity index (χ1) is 13.5. The maximum atomic E-state index is 12.4. The number of aliphatic hydroxyl groups excluding tert-OH is 1. The Morgan fingerprint density at radius 1 is 1.14 bits per heavy atom. The van der Waals surface area contributed by atoms with E-state index in [-0.39, 0.29) is 30.5 Å². The summed E-state index contributed by atoms with van der Waals surface area (Å²) in [4.78, 5) is 23.7. The highest BCUT2D eigenvalue weighted by Gasteiger charge is 2.45. The molecule has 1 aromatic carbocycles. The van der Waals surface area contributed by atoms with Crippen molar-refractivity contribution < 1.29 is 29.3 Å². The molecule has 0 bridgehead atoms. The summed E-state index contributed by atoms with van der Waals surface area (Å²) in [5.41, 5.74) is 0.976. The van der Waals surface area contributed by atoms with Gasteiger partial charge in [0.05, 0.1) is 18.6 Å². The molecule has 1 unspecified atom stereocenters. The van der Waals surface area contributed by atoms with Gasteiger partial charge in [-0.1, -0.05) is 30.3 Å². The number of carboxylic acid groups (broad SMARTS) is 1. The van der Waals surface area contributed by atoms with Crippen LogP contribution in [0.4, 0.5) is 0 Å². The van der Waals surface area contributed by atoms with E-state index < -0.39 is 18.0 Å². The van der Waals surface area contributed by atoms with Crippen LogP contribution in [0.1, 0.15) is 50.5 Å². The molecule has 28 heavy (non-hydrogen) atoms. The van der Waals surface area contributed by atoms with Crippen LogP contribution in [0, 0.1) is 11.8 Å². The molecule has 6 nitrogen and oxygen atoms in total. The minimum Gasteiger partial charge on any atom is -0.481 e. The van der Waals surface area contributed by atoms with Gasteiger partial charge in [-0.2, -0.15) is 0 Å². The lowest BCUT2D eigenvalue weighted by Crippen LogP contribution is -2.32. The number of ether oxygens (including phenoxy) is 2. The molecule has 5 atom stereocenters. The zero-order chi connectivity index (χ0) is 19.9. The summed E-state index contributed by atoms with van der Waals surface area (Å²) in [6.45, 7) is 0.665.